The van der Waals surface area contributed by atoms with Crippen LogP contribution in [0, 0.1) is 5.92 Å². The quantitative estimate of drug-likeness (QED) is 0.839. The summed E-state index contributed by atoms with van der Waals surface area (Å²) in [5.41, 5.74) is 0. The van der Waals surface area contributed by atoms with E-state index in [4.69, 9.17) is 4.74 Å². The molecule has 1 aliphatic carbocycles. The molecule has 3 amide bonds. The fourth-order valence-corrected chi connectivity index (χ4v) is 3.36. The summed E-state index contributed by atoms with van der Waals surface area (Å²) >= 11 is 0. The zero-order valence-electron chi connectivity index (χ0n) is 14.8. The van der Waals surface area contributed by atoms with E-state index in [-0.39, 0.29) is 23.8 Å². The SMILES string of the molecule is CCOC(=O)N1CCN(C(=O)[C@H](C)NC(=O)C2CCCCC2)CC1. The third-order valence-electron chi connectivity index (χ3n) is 4.82. The highest BCUT2D eigenvalue weighted by atomic mass is 16.6. The topological polar surface area (TPSA) is 79.0 Å². The van der Waals surface area contributed by atoms with Crippen molar-refractivity contribution in [2.24, 2.45) is 5.92 Å². The van der Waals surface area contributed by atoms with Crippen LogP contribution in [0.5, 0.6) is 0 Å². The molecule has 7 nitrogen and oxygen atoms in total. The molecule has 1 heterocycles. The fourth-order valence-electron chi connectivity index (χ4n) is 3.36. The number of carbonyl (C=O) groups is 3. The minimum Gasteiger partial charge on any atom is -0.450 e. The van der Waals surface area contributed by atoms with Crippen LogP contribution in [-0.2, 0) is 14.3 Å². The second-order valence-electron chi connectivity index (χ2n) is 6.58. The van der Waals surface area contributed by atoms with Crippen molar-refractivity contribution in [2.45, 2.75) is 52.0 Å². The Bertz CT molecular complexity index is 455. The lowest BCUT2D eigenvalue weighted by molar-refractivity contribution is -0.138. The summed E-state index contributed by atoms with van der Waals surface area (Å²) in [4.78, 5) is 39.7. The fraction of sp³-hybridized carbons (Fsp3) is 0.824. The largest absolute Gasteiger partial charge is 0.450 e. The first-order valence-electron chi connectivity index (χ1n) is 9.03. The smallest absolute Gasteiger partial charge is 0.409 e. The van der Waals surface area contributed by atoms with Gasteiger partial charge in [0.1, 0.15) is 6.04 Å². The van der Waals surface area contributed by atoms with Gasteiger partial charge in [-0.1, -0.05) is 19.3 Å². The van der Waals surface area contributed by atoms with Crippen molar-refractivity contribution in [2.75, 3.05) is 32.8 Å². The maximum absolute atomic E-state index is 12.5. The molecule has 0 spiro atoms. The molecule has 1 aliphatic heterocycles. The zero-order chi connectivity index (χ0) is 17.5. The van der Waals surface area contributed by atoms with E-state index in [0.717, 1.165) is 25.7 Å². The van der Waals surface area contributed by atoms with Gasteiger partial charge in [-0.25, -0.2) is 4.79 Å². The van der Waals surface area contributed by atoms with Gasteiger partial charge in [0.15, 0.2) is 0 Å². The molecule has 2 fully saturated rings. The average Bonchev–Trinajstić information content (AvgIpc) is 2.62. The number of nitrogens with one attached hydrogen (secondary N) is 1. The number of hydrogen-bond donors (Lipinski definition) is 1. The molecule has 0 bridgehead atoms. The first-order valence-corrected chi connectivity index (χ1v) is 9.03. The highest BCUT2D eigenvalue weighted by molar-refractivity contribution is 5.88. The van der Waals surface area contributed by atoms with Crippen LogP contribution in [0.2, 0.25) is 0 Å². The Hall–Kier alpha value is -1.79. The van der Waals surface area contributed by atoms with Crippen molar-refractivity contribution >= 4 is 17.9 Å². The minimum atomic E-state index is -0.520. The van der Waals surface area contributed by atoms with Gasteiger partial charge in [0.2, 0.25) is 11.8 Å². The van der Waals surface area contributed by atoms with Crippen LogP contribution in [0.4, 0.5) is 4.79 Å². The van der Waals surface area contributed by atoms with Crippen LogP contribution in [0.25, 0.3) is 0 Å². The van der Waals surface area contributed by atoms with Crippen molar-refractivity contribution in [1.82, 2.24) is 15.1 Å². The van der Waals surface area contributed by atoms with E-state index in [2.05, 4.69) is 5.32 Å². The average molecular weight is 339 g/mol. The van der Waals surface area contributed by atoms with Crippen LogP contribution in [0.15, 0.2) is 0 Å². The summed E-state index contributed by atoms with van der Waals surface area (Å²) < 4.78 is 4.97. The van der Waals surface area contributed by atoms with E-state index in [0.29, 0.717) is 32.8 Å². The van der Waals surface area contributed by atoms with E-state index < -0.39 is 6.04 Å². The highest BCUT2D eigenvalue weighted by Crippen LogP contribution is 2.23. The van der Waals surface area contributed by atoms with E-state index in [9.17, 15) is 14.4 Å². The molecule has 1 saturated heterocycles. The molecule has 0 aromatic rings. The second-order valence-corrected chi connectivity index (χ2v) is 6.58. The van der Waals surface area contributed by atoms with E-state index in [1.54, 1.807) is 23.6 Å². The predicted octanol–water partition coefficient (Wildman–Crippen LogP) is 1.37. The lowest BCUT2D eigenvalue weighted by atomic mass is 9.88. The van der Waals surface area contributed by atoms with Gasteiger partial charge in [-0.15, -0.1) is 0 Å². The monoisotopic (exact) mass is 339 g/mol. The van der Waals surface area contributed by atoms with Crippen LogP contribution < -0.4 is 5.32 Å². The Balaban J connectivity index is 1.77. The summed E-state index contributed by atoms with van der Waals surface area (Å²) in [6.45, 7) is 5.74. The van der Waals surface area contributed by atoms with Crippen LogP contribution in [0.3, 0.4) is 0 Å². The van der Waals surface area contributed by atoms with E-state index in [1.807, 2.05) is 0 Å². The standard InChI is InChI=1S/C17H29N3O4/c1-3-24-17(23)20-11-9-19(10-12-20)16(22)13(2)18-15(21)14-7-5-4-6-8-14/h13-14H,3-12H2,1-2H3,(H,18,21)/t13-/m0/s1. The zero-order valence-corrected chi connectivity index (χ0v) is 14.8. The normalized spacial score (nSPS) is 20.4. The van der Waals surface area contributed by atoms with Gasteiger partial charge < -0.3 is 19.9 Å². The van der Waals surface area contributed by atoms with Gasteiger partial charge in [-0.05, 0) is 26.7 Å². The molecule has 2 aliphatic rings. The van der Waals surface area contributed by atoms with E-state index in [1.165, 1.54) is 6.42 Å². The lowest BCUT2D eigenvalue weighted by Gasteiger charge is -2.35. The number of carbonyl (C=O) groups excluding carboxylic acids is 3. The van der Waals surface area contributed by atoms with Gasteiger partial charge in [-0.3, -0.25) is 9.59 Å². The van der Waals surface area contributed by atoms with Crippen molar-refractivity contribution in [1.29, 1.82) is 0 Å². The molecule has 2 rings (SSSR count). The van der Waals surface area contributed by atoms with Gasteiger partial charge in [0.05, 0.1) is 6.61 Å². The Morgan fingerprint density at radius 1 is 1.04 bits per heavy atom. The number of piperazine rings is 1. The van der Waals surface area contributed by atoms with Gasteiger partial charge in [0, 0.05) is 32.1 Å². The number of hydrogen-bond acceptors (Lipinski definition) is 4. The predicted molar refractivity (Wildman–Crippen MR) is 89.4 cm³/mol. The van der Waals surface area contributed by atoms with Gasteiger partial charge >= 0.3 is 6.09 Å². The summed E-state index contributed by atoms with van der Waals surface area (Å²) in [6.07, 6.45) is 4.90. The third-order valence-corrected chi connectivity index (χ3v) is 4.82. The summed E-state index contributed by atoms with van der Waals surface area (Å²) in [5, 5.41) is 2.87. The van der Waals surface area contributed by atoms with Crippen LogP contribution in [-0.4, -0.2) is 66.5 Å². The molecule has 0 aromatic carbocycles. The van der Waals surface area contributed by atoms with Crippen molar-refractivity contribution in [3.63, 3.8) is 0 Å². The Morgan fingerprint density at radius 2 is 1.62 bits per heavy atom. The molecule has 0 aromatic heterocycles. The maximum Gasteiger partial charge on any atom is 0.409 e. The Morgan fingerprint density at radius 3 is 2.21 bits per heavy atom. The molecule has 136 valence electrons. The molecular weight excluding hydrogens is 310 g/mol. The summed E-state index contributed by atoms with van der Waals surface area (Å²) in [6, 6.07) is -0.520. The van der Waals surface area contributed by atoms with Crippen molar-refractivity contribution in [3.8, 4) is 0 Å². The summed E-state index contributed by atoms with van der Waals surface area (Å²) in [5.74, 6) is -0.0296. The van der Waals surface area contributed by atoms with Crippen molar-refractivity contribution in [3.05, 3.63) is 0 Å². The Labute approximate surface area is 143 Å². The number of nitrogens with zero attached hydrogens (tertiary/aromatic N) is 2. The van der Waals surface area contributed by atoms with Gasteiger partial charge in [0.25, 0.3) is 0 Å². The third kappa shape index (κ3) is 4.85. The second kappa shape index (κ2) is 8.89. The first-order chi connectivity index (χ1) is 11.5. The van der Waals surface area contributed by atoms with Crippen LogP contribution >= 0.6 is 0 Å². The number of amides is 3. The molecule has 0 unspecified atom stereocenters. The molecule has 24 heavy (non-hydrogen) atoms. The Kier molecular flexibility index (Phi) is 6.87. The molecule has 1 N–H and O–H groups in total. The highest BCUT2D eigenvalue weighted by Gasteiger charge is 2.29. The first kappa shape index (κ1) is 18.5. The molecule has 1 atom stereocenters. The molecule has 0 radical (unpaired) electrons. The molecule has 7 heteroatoms. The molecule has 1 saturated carbocycles. The molecular formula is C17H29N3O4. The lowest BCUT2D eigenvalue weighted by Crippen LogP contribution is -2.55. The summed E-state index contributed by atoms with van der Waals surface area (Å²) in [7, 11) is 0. The van der Waals surface area contributed by atoms with Gasteiger partial charge in [-0.2, -0.15) is 0 Å². The number of ether oxygens (including phenoxy) is 1. The maximum atomic E-state index is 12.5. The number of rotatable bonds is 4. The van der Waals surface area contributed by atoms with Crippen molar-refractivity contribution < 1.29 is 19.1 Å². The van der Waals surface area contributed by atoms with E-state index >= 15 is 0 Å². The van der Waals surface area contributed by atoms with Crippen LogP contribution in [0.1, 0.15) is 46.0 Å². The minimum absolute atomic E-state index is 0.000657.